The van der Waals surface area contributed by atoms with Gasteiger partial charge in [0, 0.05) is 0 Å². The highest BCUT2D eigenvalue weighted by Crippen LogP contribution is 2.55. The Morgan fingerprint density at radius 2 is 1.06 bits per heavy atom. The summed E-state index contributed by atoms with van der Waals surface area (Å²) < 4.78 is 0. The highest BCUT2D eigenvalue weighted by atomic mass is 14.5. The van der Waals surface area contributed by atoms with Gasteiger partial charge in [-0.2, -0.15) is 0 Å². The molecule has 0 radical (unpaired) electrons. The van der Waals surface area contributed by atoms with Crippen LogP contribution in [0, 0.1) is 40.9 Å². The summed E-state index contributed by atoms with van der Waals surface area (Å²) in [4.78, 5) is 0. The highest BCUT2D eigenvalue weighted by molar-refractivity contribution is 4.95. The molecule has 4 rings (SSSR count). The van der Waals surface area contributed by atoms with Crippen LogP contribution in [-0.2, 0) is 0 Å². The van der Waals surface area contributed by atoms with Gasteiger partial charge in [0.15, 0.2) is 0 Å². The third-order valence-corrected chi connectivity index (χ3v) is 11.8. The molecule has 4 fully saturated rings. The Kier molecular flexibility index (Phi) is 11.2. The molecule has 0 heteroatoms. The van der Waals surface area contributed by atoms with Crippen LogP contribution in [0.5, 0.6) is 0 Å². The third kappa shape index (κ3) is 7.75. The van der Waals surface area contributed by atoms with E-state index in [0.29, 0.717) is 0 Å². The van der Waals surface area contributed by atoms with E-state index in [1.165, 1.54) is 44.9 Å². The zero-order valence-corrected chi connectivity index (χ0v) is 23.6. The zero-order chi connectivity index (χ0) is 23.6. The van der Waals surface area contributed by atoms with Gasteiger partial charge in [-0.1, -0.05) is 123 Å². The van der Waals surface area contributed by atoms with Crippen molar-refractivity contribution in [1.82, 2.24) is 0 Å². The van der Waals surface area contributed by atoms with E-state index in [0.717, 1.165) is 40.9 Å². The smallest absolute Gasteiger partial charge is 0.0266 e. The molecule has 0 aliphatic heterocycles. The van der Waals surface area contributed by atoms with Crippen molar-refractivity contribution in [3.63, 3.8) is 0 Å². The second-order valence-corrected chi connectivity index (χ2v) is 14.1. The number of unbranched alkanes of at least 4 members (excludes halogenated alkanes) is 2. The lowest BCUT2D eigenvalue weighted by Gasteiger charge is -2.50. The van der Waals surface area contributed by atoms with E-state index >= 15 is 0 Å². The minimum atomic E-state index is 0.760. The van der Waals surface area contributed by atoms with Crippen molar-refractivity contribution in [3.8, 4) is 0 Å². The first kappa shape index (κ1) is 27.0. The molecule has 4 aliphatic rings. The van der Waals surface area contributed by atoms with Gasteiger partial charge in [0.2, 0.25) is 0 Å². The fraction of sp³-hybridized carbons (Fsp3) is 1.00. The lowest BCUT2D eigenvalue weighted by atomic mass is 9.55. The number of rotatable bonds is 11. The zero-order valence-electron chi connectivity index (χ0n) is 23.6. The van der Waals surface area contributed by atoms with E-state index in [4.69, 9.17) is 0 Å². The molecule has 0 amide bonds. The Bertz CT molecular complexity index is 518. The summed E-state index contributed by atoms with van der Waals surface area (Å²) in [7, 11) is 0. The predicted octanol–water partition coefficient (Wildman–Crippen LogP) is 11.5. The fourth-order valence-electron chi connectivity index (χ4n) is 9.60. The second-order valence-electron chi connectivity index (χ2n) is 14.1. The Morgan fingerprint density at radius 1 is 0.500 bits per heavy atom. The molecule has 0 unspecified atom stereocenters. The maximum Gasteiger partial charge on any atom is -0.0266 e. The molecule has 4 saturated carbocycles. The number of hydrogen-bond donors (Lipinski definition) is 0. The first-order chi connectivity index (χ1) is 16.7. The van der Waals surface area contributed by atoms with Gasteiger partial charge in [-0.15, -0.1) is 0 Å². The summed E-state index contributed by atoms with van der Waals surface area (Å²) in [5, 5.41) is 0. The summed E-state index contributed by atoms with van der Waals surface area (Å²) in [6.07, 6.45) is 38.8. The minimum absolute atomic E-state index is 0.760. The van der Waals surface area contributed by atoms with Gasteiger partial charge in [-0.3, -0.25) is 0 Å². The number of hydrogen-bond acceptors (Lipinski definition) is 0. The van der Waals surface area contributed by atoms with Crippen molar-refractivity contribution in [2.24, 2.45) is 40.9 Å². The van der Waals surface area contributed by atoms with Crippen molar-refractivity contribution >= 4 is 0 Å². The maximum absolute atomic E-state index is 2.39. The first-order valence-corrected chi connectivity index (χ1v) is 16.7. The average molecular weight is 471 g/mol. The molecule has 198 valence electrons. The van der Waals surface area contributed by atoms with Gasteiger partial charge in [0.1, 0.15) is 0 Å². The Hall–Kier alpha value is 0. The van der Waals surface area contributed by atoms with Crippen LogP contribution in [0.1, 0.15) is 174 Å². The van der Waals surface area contributed by atoms with Gasteiger partial charge >= 0.3 is 0 Å². The molecular weight excluding hydrogens is 408 g/mol. The summed E-state index contributed by atoms with van der Waals surface area (Å²) in [6, 6.07) is 0. The van der Waals surface area contributed by atoms with E-state index in [9.17, 15) is 0 Å². The summed E-state index contributed by atoms with van der Waals surface area (Å²) in [6.45, 7) is 4.74. The molecule has 0 nitrogen and oxygen atoms in total. The lowest BCUT2D eigenvalue weighted by molar-refractivity contribution is 0.0103. The normalized spacial score (nSPS) is 38.1. The van der Waals surface area contributed by atoms with Crippen molar-refractivity contribution < 1.29 is 0 Å². The van der Waals surface area contributed by atoms with Crippen LogP contribution >= 0.6 is 0 Å². The highest BCUT2D eigenvalue weighted by Gasteiger charge is 2.44. The lowest BCUT2D eigenvalue weighted by Crippen LogP contribution is -2.39. The van der Waals surface area contributed by atoms with Crippen molar-refractivity contribution in [1.29, 1.82) is 0 Å². The van der Waals surface area contributed by atoms with Gasteiger partial charge in [0.25, 0.3) is 0 Å². The maximum atomic E-state index is 2.39. The molecule has 0 aromatic heterocycles. The fourth-order valence-corrected chi connectivity index (χ4v) is 9.60. The van der Waals surface area contributed by atoms with E-state index in [1.807, 2.05) is 0 Å². The monoisotopic (exact) mass is 470 g/mol. The molecule has 4 aliphatic carbocycles. The largest absolute Gasteiger partial charge is 0.0654 e. The summed E-state index contributed by atoms with van der Waals surface area (Å²) in [5.41, 5.74) is 0.760. The van der Waals surface area contributed by atoms with Crippen molar-refractivity contribution in [2.45, 2.75) is 174 Å². The standard InChI is InChI=1S/C34H62/c1-3-5-7-11-29-14-18-30(19-15-29)26-31-22-24-34(25-23-31,33-12-8-6-9-13-33)27-32-20-16-28(10-4-2)17-21-32/h28-33H,3-27H2,1-2H3. The van der Waals surface area contributed by atoms with Gasteiger partial charge in [0.05, 0.1) is 0 Å². The SMILES string of the molecule is CCCCCC1CCC(CC2CCC(CC3CCC(CCC)CC3)(C3CCCCC3)CC2)CC1. The molecule has 0 aromatic carbocycles. The molecule has 0 atom stereocenters. The van der Waals surface area contributed by atoms with E-state index in [1.54, 1.807) is 116 Å². The molecule has 0 N–H and O–H groups in total. The van der Waals surface area contributed by atoms with Gasteiger partial charge < -0.3 is 0 Å². The Labute approximate surface area is 215 Å². The molecule has 34 heavy (non-hydrogen) atoms. The Balaban J connectivity index is 1.24. The van der Waals surface area contributed by atoms with E-state index in [2.05, 4.69) is 13.8 Å². The summed E-state index contributed by atoms with van der Waals surface area (Å²) >= 11 is 0. The first-order valence-electron chi connectivity index (χ1n) is 16.7. The molecule has 0 bridgehead atoms. The van der Waals surface area contributed by atoms with Crippen LogP contribution in [0.15, 0.2) is 0 Å². The van der Waals surface area contributed by atoms with E-state index in [-0.39, 0.29) is 0 Å². The minimum Gasteiger partial charge on any atom is -0.0654 e. The van der Waals surface area contributed by atoms with Crippen LogP contribution in [0.25, 0.3) is 0 Å². The van der Waals surface area contributed by atoms with E-state index < -0.39 is 0 Å². The van der Waals surface area contributed by atoms with Crippen LogP contribution in [-0.4, -0.2) is 0 Å². The predicted molar refractivity (Wildman–Crippen MR) is 150 cm³/mol. The van der Waals surface area contributed by atoms with Crippen LogP contribution in [0.4, 0.5) is 0 Å². The summed E-state index contributed by atoms with van der Waals surface area (Å²) in [5.74, 6) is 6.50. The third-order valence-electron chi connectivity index (χ3n) is 11.8. The van der Waals surface area contributed by atoms with Gasteiger partial charge in [-0.05, 0) is 92.3 Å². The van der Waals surface area contributed by atoms with Crippen LogP contribution < -0.4 is 0 Å². The van der Waals surface area contributed by atoms with Gasteiger partial charge in [-0.25, -0.2) is 0 Å². The van der Waals surface area contributed by atoms with Crippen LogP contribution in [0.2, 0.25) is 0 Å². The molecular formula is C34H62. The average Bonchev–Trinajstić information content (AvgIpc) is 2.88. The van der Waals surface area contributed by atoms with Crippen molar-refractivity contribution in [2.75, 3.05) is 0 Å². The second kappa shape index (κ2) is 14.1. The molecule has 0 aromatic rings. The molecule has 0 saturated heterocycles. The topological polar surface area (TPSA) is 0 Å². The quantitative estimate of drug-likeness (QED) is 0.263. The Morgan fingerprint density at radius 3 is 1.68 bits per heavy atom. The van der Waals surface area contributed by atoms with Crippen LogP contribution in [0.3, 0.4) is 0 Å². The molecule has 0 heterocycles. The molecule has 0 spiro atoms. The van der Waals surface area contributed by atoms with Crippen molar-refractivity contribution in [3.05, 3.63) is 0 Å².